The third kappa shape index (κ3) is 6.27. The zero-order valence-electron chi connectivity index (χ0n) is 19.7. The first-order valence-corrected chi connectivity index (χ1v) is 13.5. The average Bonchev–Trinajstić information content (AvgIpc) is 3.00. The first-order valence-electron chi connectivity index (χ1n) is 11.0. The molecule has 1 saturated heterocycles. The molecule has 0 radical (unpaired) electrons. The molecule has 0 bridgehead atoms. The number of halogens is 1. The van der Waals surface area contributed by atoms with Gasteiger partial charge in [-0.05, 0) is 54.6 Å². The molecular weight excluding hydrogens is 528 g/mol. The Bertz CT molecular complexity index is 1150. The Labute approximate surface area is 221 Å². The Morgan fingerprint density at radius 1 is 1.39 bits per heavy atom. The highest BCUT2D eigenvalue weighted by Crippen LogP contribution is 2.52. The summed E-state index contributed by atoms with van der Waals surface area (Å²) >= 11 is 10.4. The lowest BCUT2D eigenvalue weighted by Crippen LogP contribution is -2.53. The largest absolute Gasteiger partial charge is 0.729 e. The molecule has 0 aromatic heterocycles. The highest BCUT2D eigenvalue weighted by Gasteiger charge is 2.40. The smallest absolute Gasteiger partial charge is 0.257 e. The molecule has 2 heterocycles. The van der Waals surface area contributed by atoms with Crippen LogP contribution >= 0.6 is 34.7 Å². The third-order valence-electron chi connectivity index (χ3n) is 5.88. The van der Waals surface area contributed by atoms with E-state index in [1.807, 2.05) is 19.9 Å². The summed E-state index contributed by atoms with van der Waals surface area (Å²) in [4.78, 5) is 25.6. The molecule has 2 unspecified atom stereocenters. The van der Waals surface area contributed by atoms with E-state index in [4.69, 9.17) is 28.4 Å². The van der Waals surface area contributed by atoms with E-state index >= 15 is 0 Å². The number of nitrogens with one attached hydrogen (secondary N) is 3. The summed E-state index contributed by atoms with van der Waals surface area (Å²) in [6, 6.07) is 4.77. The first-order chi connectivity index (χ1) is 16.9. The van der Waals surface area contributed by atoms with E-state index < -0.39 is 28.4 Å². The van der Waals surface area contributed by atoms with Gasteiger partial charge in [-0.2, -0.15) is 0 Å². The van der Waals surface area contributed by atoms with Gasteiger partial charge in [0.15, 0.2) is 11.3 Å². The molecule has 3 rings (SSSR count). The number of anilines is 1. The van der Waals surface area contributed by atoms with Crippen LogP contribution in [-0.4, -0.2) is 60.9 Å². The Hall–Kier alpha value is -2.45. The number of amides is 2. The summed E-state index contributed by atoms with van der Waals surface area (Å²) in [5, 5.41) is 17.8. The number of aliphatic hydroxyl groups is 1. The number of hydrogen-bond acceptors (Lipinski definition) is 7. The van der Waals surface area contributed by atoms with Crippen molar-refractivity contribution in [3.05, 3.63) is 59.3 Å². The van der Waals surface area contributed by atoms with E-state index in [1.54, 1.807) is 24.3 Å². The number of alkyl halides is 1. The van der Waals surface area contributed by atoms with Gasteiger partial charge < -0.3 is 29.7 Å². The molecule has 13 heteroatoms. The van der Waals surface area contributed by atoms with Crippen molar-refractivity contribution in [3.8, 4) is 0 Å². The van der Waals surface area contributed by atoms with Gasteiger partial charge in [-0.3, -0.25) is 19.5 Å². The molecule has 1 aromatic carbocycles. The average molecular weight is 557 g/mol. The Morgan fingerprint density at radius 2 is 2.08 bits per heavy atom. The molecule has 1 fully saturated rings. The van der Waals surface area contributed by atoms with E-state index in [-0.39, 0.29) is 27.4 Å². The minimum Gasteiger partial charge on any atom is -0.729 e. The van der Waals surface area contributed by atoms with Gasteiger partial charge >= 0.3 is 0 Å². The van der Waals surface area contributed by atoms with E-state index in [0.29, 0.717) is 19.5 Å². The number of thiocarbonyl (C=S) groups is 1. The van der Waals surface area contributed by atoms with Crippen LogP contribution < -0.4 is 20.9 Å². The van der Waals surface area contributed by atoms with Crippen LogP contribution in [0.15, 0.2) is 58.7 Å². The second-order valence-corrected chi connectivity index (χ2v) is 10.9. The predicted molar refractivity (Wildman–Crippen MR) is 143 cm³/mol. The zero-order chi connectivity index (χ0) is 26.7. The van der Waals surface area contributed by atoms with Crippen molar-refractivity contribution < 1.29 is 28.4 Å². The lowest BCUT2D eigenvalue weighted by Gasteiger charge is -2.28. The minimum atomic E-state index is -3.89. The van der Waals surface area contributed by atoms with E-state index in [2.05, 4.69) is 20.9 Å². The fourth-order valence-corrected chi connectivity index (χ4v) is 4.92. The lowest BCUT2D eigenvalue weighted by molar-refractivity contribution is -0.119. The number of nitrogens with zero attached hydrogens (tertiary/aromatic N) is 1. The number of benzene rings is 1. The van der Waals surface area contributed by atoms with Crippen molar-refractivity contribution >= 4 is 57.3 Å². The van der Waals surface area contributed by atoms with Crippen LogP contribution in [0.25, 0.3) is 0 Å². The molecule has 0 saturated carbocycles. The van der Waals surface area contributed by atoms with Crippen molar-refractivity contribution in [3.63, 3.8) is 0 Å². The minimum absolute atomic E-state index is 0.0212. The number of allylic oxidation sites excluding steroid dienone is 5. The van der Waals surface area contributed by atoms with Crippen molar-refractivity contribution in [2.75, 3.05) is 23.9 Å². The van der Waals surface area contributed by atoms with Gasteiger partial charge in [0.25, 0.3) is 5.91 Å². The highest BCUT2D eigenvalue weighted by atomic mass is 35.5. The fraction of sp³-hybridized carbons (Fsp3) is 0.348. The first kappa shape index (κ1) is 28.1. The van der Waals surface area contributed by atoms with Gasteiger partial charge in [0.2, 0.25) is 5.91 Å². The van der Waals surface area contributed by atoms with Gasteiger partial charge in [0.1, 0.15) is 5.88 Å². The zero-order valence-corrected chi connectivity index (χ0v) is 22.1. The molecule has 2 amide bonds. The molecule has 196 valence electrons. The molecule has 2 aliphatic heterocycles. The molecule has 2 atom stereocenters. The van der Waals surface area contributed by atoms with Crippen LogP contribution in [0, 0.1) is 0 Å². The second kappa shape index (κ2) is 11.3. The van der Waals surface area contributed by atoms with Crippen LogP contribution in [0.3, 0.4) is 0 Å². The Kier molecular flexibility index (Phi) is 8.83. The standard InChI is InChI=1S/C23H29ClN4O6S2/c1-23(2)16-12-14(36(32,33)34)8-9-17(16)28(11-5-10-25-19(29)13-24)18(23)7-4-3-6-15-20(30)26-22(35)27-21(15)31/h3-4,6-9,12,20,30,32-34H,5,10-11,13H2,1-2H3,(H,25,29)(H2,26,27,31,35)/b4-3+,15-6+,18-7+. The molecule has 7 N–H and O–H groups in total. The molecule has 0 aliphatic carbocycles. The van der Waals surface area contributed by atoms with Crippen LogP contribution in [0.2, 0.25) is 0 Å². The topological polar surface area (TPSA) is 160 Å². The van der Waals surface area contributed by atoms with Crippen molar-refractivity contribution in [1.82, 2.24) is 16.0 Å². The van der Waals surface area contributed by atoms with Gasteiger partial charge in [-0.1, -0.05) is 26.0 Å². The number of aliphatic hydroxyl groups excluding tert-OH is 1. The van der Waals surface area contributed by atoms with E-state index in [0.717, 1.165) is 16.9 Å². The van der Waals surface area contributed by atoms with Crippen molar-refractivity contribution in [2.24, 2.45) is 0 Å². The van der Waals surface area contributed by atoms with Gasteiger partial charge in [-0.15, -0.1) is 11.6 Å². The summed E-state index contributed by atoms with van der Waals surface area (Å²) in [5.74, 6) is -0.865. The number of fused-ring (bicyclic) bond motifs is 1. The summed E-state index contributed by atoms with van der Waals surface area (Å²) in [7, 11) is -3.89. The number of carbonyl (C=O) groups excluding carboxylic acids is 2. The van der Waals surface area contributed by atoms with E-state index in [9.17, 15) is 23.8 Å². The Morgan fingerprint density at radius 3 is 2.72 bits per heavy atom. The third-order valence-corrected chi connectivity index (χ3v) is 7.23. The summed E-state index contributed by atoms with van der Waals surface area (Å²) < 4.78 is 29.3. The summed E-state index contributed by atoms with van der Waals surface area (Å²) in [6.45, 7) is 4.89. The molecule has 10 nitrogen and oxygen atoms in total. The molecule has 1 aromatic rings. The highest BCUT2D eigenvalue weighted by molar-refractivity contribution is 8.19. The fourth-order valence-electron chi connectivity index (χ4n) is 4.09. The maximum Gasteiger partial charge on any atom is 0.257 e. The second-order valence-electron chi connectivity index (χ2n) is 8.71. The summed E-state index contributed by atoms with van der Waals surface area (Å²) in [5.41, 5.74) is 2.01. The maximum absolute atomic E-state index is 12.1. The molecule has 36 heavy (non-hydrogen) atoms. The lowest BCUT2D eigenvalue weighted by atomic mass is 9.83. The van der Waals surface area contributed by atoms with Gasteiger partial charge in [-0.25, -0.2) is 0 Å². The van der Waals surface area contributed by atoms with Crippen LogP contribution in [0.4, 0.5) is 5.69 Å². The quantitative estimate of drug-likeness (QED) is 0.106. The number of carbonyl (C=O) groups is 2. The van der Waals surface area contributed by atoms with Crippen LogP contribution in [0.5, 0.6) is 0 Å². The van der Waals surface area contributed by atoms with Gasteiger partial charge in [0, 0.05) is 29.9 Å². The predicted octanol–water partition coefficient (Wildman–Crippen LogP) is 1.62. The van der Waals surface area contributed by atoms with Gasteiger partial charge in [0.05, 0.1) is 21.3 Å². The van der Waals surface area contributed by atoms with Crippen molar-refractivity contribution in [2.45, 2.75) is 36.8 Å². The number of rotatable bonds is 8. The summed E-state index contributed by atoms with van der Waals surface area (Å²) in [6.07, 6.45) is 6.08. The molecular formula is C23H29ClN4O6S2. The van der Waals surface area contributed by atoms with E-state index in [1.165, 1.54) is 12.1 Å². The van der Waals surface area contributed by atoms with Crippen LogP contribution in [-0.2, 0) is 15.0 Å². The molecule has 2 aliphatic rings. The number of hydrogen-bond donors (Lipinski definition) is 5. The normalized spacial score (nSPS) is 23.9. The SMILES string of the molecule is CC1(C)\C(=C/C=C/C=C2/C(=O)NC(=S)NC2O)N(CCCNC(=O)CCl)c2ccc(S([O-])(O)[OH2+])cc21. The van der Waals surface area contributed by atoms with Crippen LogP contribution in [0.1, 0.15) is 25.8 Å². The monoisotopic (exact) mass is 556 g/mol. The molecule has 0 spiro atoms. The van der Waals surface area contributed by atoms with Crippen molar-refractivity contribution in [1.29, 1.82) is 0 Å². The Balaban J connectivity index is 1.91. The maximum atomic E-state index is 12.1.